The summed E-state index contributed by atoms with van der Waals surface area (Å²) < 4.78 is 33.6. The molecule has 0 unspecified atom stereocenters. The Hall–Kier alpha value is -2.88. The molecule has 2 amide bonds. The van der Waals surface area contributed by atoms with E-state index < -0.39 is 35.6 Å². The van der Waals surface area contributed by atoms with Crippen LogP contribution >= 0.6 is 15.9 Å². The fourth-order valence-corrected chi connectivity index (χ4v) is 4.17. The average molecular weight is 538 g/mol. The molecule has 2 heterocycles. The van der Waals surface area contributed by atoms with Crippen LogP contribution in [0.15, 0.2) is 41.0 Å². The van der Waals surface area contributed by atoms with Gasteiger partial charge in [0.05, 0.1) is 5.69 Å². The van der Waals surface area contributed by atoms with E-state index in [1.165, 1.54) is 17.0 Å². The summed E-state index contributed by atoms with van der Waals surface area (Å²) in [6.07, 6.45) is 0.561. The van der Waals surface area contributed by atoms with Crippen molar-refractivity contribution in [3.63, 3.8) is 0 Å². The van der Waals surface area contributed by atoms with Gasteiger partial charge in [-0.2, -0.15) is 0 Å². The lowest BCUT2D eigenvalue weighted by Crippen LogP contribution is -2.47. The normalized spacial score (nSPS) is 16.6. The first-order valence-electron chi connectivity index (χ1n) is 11.0. The highest BCUT2D eigenvalue weighted by molar-refractivity contribution is 9.10. The fourth-order valence-electron chi connectivity index (χ4n) is 3.79. The van der Waals surface area contributed by atoms with Crippen LogP contribution in [0.4, 0.5) is 8.78 Å². The maximum Gasteiger partial charge on any atom is 0.329 e. The van der Waals surface area contributed by atoms with Crippen LogP contribution in [-0.2, 0) is 32.3 Å². The molecule has 1 N–H and O–H groups in total. The van der Waals surface area contributed by atoms with Crippen LogP contribution in [-0.4, -0.2) is 39.8 Å². The number of nitrogens with zero attached hydrogens (tertiary/aromatic N) is 2. The number of aromatic nitrogens is 1. The third-order valence-electron chi connectivity index (χ3n) is 5.62. The van der Waals surface area contributed by atoms with Gasteiger partial charge in [-0.25, -0.2) is 18.6 Å². The topological polar surface area (TPSA) is 88.6 Å². The summed E-state index contributed by atoms with van der Waals surface area (Å²) in [4.78, 5) is 43.3. The molecule has 0 aliphatic carbocycles. The number of halogens is 3. The molecular formula is C24H26BrF2N3O4. The Morgan fingerprint density at radius 3 is 2.68 bits per heavy atom. The Kier molecular flexibility index (Phi) is 8.71. The highest BCUT2D eigenvalue weighted by Gasteiger charge is 2.34. The predicted molar refractivity (Wildman–Crippen MR) is 123 cm³/mol. The van der Waals surface area contributed by atoms with Crippen molar-refractivity contribution in [2.75, 3.05) is 0 Å². The molecular weight excluding hydrogens is 512 g/mol. The summed E-state index contributed by atoms with van der Waals surface area (Å²) in [7, 11) is 0. The molecule has 1 aliphatic heterocycles. The van der Waals surface area contributed by atoms with Gasteiger partial charge in [-0.15, -0.1) is 0 Å². The molecule has 182 valence electrons. The second-order valence-corrected chi connectivity index (χ2v) is 9.29. The molecule has 1 aromatic heterocycles. The Morgan fingerprint density at radius 1 is 1.24 bits per heavy atom. The molecule has 3 rings (SSSR count). The highest BCUT2D eigenvalue weighted by Crippen LogP contribution is 2.25. The monoisotopic (exact) mass is 537 g/mol. The first kappa shape index (κ1) is 25.7. The molecule has 1 saturated heterocycles. The number of nitrogens with one attached hydrogen (secondary N) is 1. The number of likely N-dealkylation sites (tertiary alicyclic amines) is 1. The van der Waals surface area contributed by atoms with Gasteiger partial charge < -0.3 is 15.0 Å². The molecule has 2 atom stereocenters. The van der Waals surface area contributed by atoms with Gasteiger partial charge in [0.25, 0.3) is 0 Å². The number of benzene rings is 1. The lowest BCUT2D eigenvalue weighted by Gasteiger charge is -2.26. The predicted octanol–water partition coefficient (Wildman–Crippen LogP) is 3.89. The van der Waals surface area contributed by atoms with Crippen LogP contribution in [0.2, 0.25) is 0 Å². The van der Waals surface area contributed by atoms with E-state index in [1.807, 2.05) is 0 Å². The molecule has 0 spiro atoms. The summed E-state index contributed by atoms with van der Waals surface area (Å²) in [5, 5.41) is 2.70. The van der Waals surface area contributed by atoms with Gasteiger partial charge in [0.15, 0.2) is 11.6 Å². The molecule has 1 aromatic carbocycles. The molecule has 1 aliphatic rings. The van der Waals surface area contributed by atoms with Gasteiger partial charge in [0, 0.05) is 31.0 Å². The quantitative estimate of drug-likeness (QED) is 0.387. The zero-order chi connectivity index (χ0) is 24.8. The zero-order valence-corrected chi connectivity index (χ0v) is 20.5. The van der Waals surface area contributed by atoms with Crippen molar-refractivity contribution in [1.29, 1.82) is 0 Å². The van der Waals surface area contributed by atoms with Crippen LogP contribution in [0.5, 0.6) is 0 Å². The van der Waals surface area contributed by atoms with Gasteiger partial charge in [0.1, 0.15) is 17.3 Å². The van der Waals surface area contributed by atoms with Gasteiger partial charge in [0.2, 0.25) is 11.8 Å². The fraction of sp³-hybridized carbons (Fsp3) is 0.417. The number of rotatable bonds is 9. The van der Waals surface area contributed by atoms with E-state index in [2.05, 4.69) is 26.2 Å². The smallest absolute Gasteiger partial charge is 0.329 e. The van der Waals surface area contributed by atoms with Crippen LogP contribution in [0, 0.1) is 17.6 Å². The highest BCUT2D eigenvalue weighted by atomic mass is 79.9. The number of ether oxygens (including phenoxy) is 1. The maximum absolute atomic E-state index is 14.1. The number of esters is 1. The minimum Gasteiger partial charge on any atom is -0.458 e. The Morgan fingerprint density at radius 2 is 1.97 bits per heavy atom. The van der Waals surface area contributed by atoms with Gasteiger partial charge in [-0.1, -0.05) is 32.0 Å². The van der Waals surface area contributed by atoms with Gasteiger partial charge in [-0.3, -0.25) is 9.59 Å². The van der Waals surface area contributed by atoms with Crippen LogP contribution in [0.25, 0.3) is 0 Å². The average Bonchev–Trinajstić information content (AvgIpc) is 3.12. The SMILES string of the molecule is CC(C)[C@H](NC(=O)C[C@@H]1CCC(=O)N1Cc1cccc(F)c1F)C(=O)OCc1cccc(Br)n1. The molecule has 10 heteroatoms. The first-order valence-corrected chi connectivity index (χ1v) is 11.7. The maximum atomic E-state index is 14.1. The first-order chi connectivity index (χ1) is 16.2. The standard InChI is InChI=1S/C24H26BrF2N3O4/c1-14(2)23(24(33)34-13-16-6-4-8-19(25)28-16)29-20(31)11-17-9-10-21(32)30(17)12-15-5-3-7-18(26)22(15)27/h3-8,14,17,23H,9-13H2,1-2H3,(H,29,31)/t17-,23-/m0/s1. The van der Waals surface area contributed by atoms with E-state index in [-0.39, 0.29) is 43.4 Å². The molecule has 0 bridgehead atoms. The third-order valence-corrected chi connectivity index (χ3v) is 6.06. The van der Waals surface area contributed by atoms with E-state index in [4.69, 9.17) is 4.74 Å². The summed E-state index contributed by atoms with van der Waals surface area (Å²) in [6.45, 7) is 3.39. The third kappa shape index (κ3) is 6.59. The molecule has 2 aromatic rings. The van der Waals surface area contributed by atoms with Gasteiger partial charge >= 0.3 is 5.97 Å². The van der Waals surface area contributed by atoms with E-state index in [1.54, 1.807) is 32.0 Å². The van der Waals surface area contributed by atoms with Crippen LogP contribution in [0.3, 0.4) is 0 Å². The number of carbonyl (C=O) groups excluding carboxylic acids is 3. The van der Waals surface area contributed by atoms with Crippen LogP contribution < -0.4 is 5.32 Å². The summed E-state index contributed by atoms with van der Waals surface area (Å²) in [5.74, 6) is -3.49. The number of amides is 2. The number of carbonyl (C=O) groups is 3. The van der Waals surface area contributed by atoms with Crippen molar-refractivity contribution < 1.29 is 27.9 Å². The zero-order valence-electron chi connectivity index (χ0n) is 18.9. The Bertz CT molecular complexity index is 1070. The summed E-state index contributed by atoms with van der Waals surface area (Å²) in [6, 6.07) is 7.66. The number of hydrogen-bond donors (Lipinski definition) is 1. The summed E-state index contributed by atoms with van der Waals surface area (Å²) >= 11 is 3.26. The van der Waals surface area contributed by atoms with E-state index in [9.17, 15) is 23.2 Å². The largest absolute Gasteiger partial charge is 0.458 e. The number of hydrogen-bond acceptors (Lipinski definition) is 5. The minimum atomic E-state index is -1.01. The minimum absolute atomic E-state index is 0.0402. The van der Waals surface area contributed by atoms with Crippen molar-refractivity contribution in [3.8, 4) is 0 Å². The van der Waals surface area contributed by atoms with Gasteiger partial charge in [-0.05, 0) is 46.5 Å². The Labute approximate surface area is 205 Å². The van der Waals surface area contributed by atoms with Crippen molar-refractivity contribution in [3.05, 3.63) is 63.9 Å². The summed E-state index contributed by atoms with van der Waals surface area (Å²) in [5.41, 5.74) is 0.603. The second-order valence-electron chi connectivity index (χ2n) is 8.48. The van der Waals surface area contributed by atoms with Crippen molar-refractivity contribution in [2.45, 2.75) is 58.3 Å². The molecule has 34 heavy (non-hydrogen) atoms. The Balaban J connectivity index is 1.60. The van der Waals surface area contributed by atoms with Crippen molar-refractivity contribution in [1.82, 2.24) is 15.2 Å². The molecule has 0 saturated carbocycles. The molecule has 1 fully saturated rings. The van der Waals surface area contributed by atoms with Crippen molar-refractivity contribution >= 4 is 33.7 Å². The molecule has 7 nitrogen and oxygen atoms in total. The number of pyridine rings is 1. The van der Waals surface area contributed by atoms with E-state index in [0.29, 0.717) is 16.7 Å². The van der Waals surface area contributed by atoms with Crippen molar-refractivity contribution in [2.24, 2.45) is 5.92 Å². The van der Waals surface area contributed by atoms with E-state index in [0.717, 1.165) is 6.07 Å². The second kappa shape index (κ2) is 11.5. The van der Waals surface area contributed by atoms with Crippen LogP contribution in [0.1, 0.15) is 44.4 Å². The lowest BCUT2D eigenvalue weighted by molar-refractivity contribution is -0.150. The molecule has 0 radical (unpaired) electrons. The van der Waals surface area contributed by atoms with E-state index >= 15 is 0 Å². The lowest BCUT2D eigenvalue weighted by atomic mass is 10.0.